The lowest BCUT2D eigenvalue weighted by atomic mass is 10.1. The average molecular weight is 250 g/mol. The first-order chi connectivity index (χ1) is 8.00. The van der Waals surface area contributed by atoms with Gasteiger partial charge in [0, 0.05) is 17.8 Å². The summed E-state index contributed by atoms with van der Waals surface area (Å²) >= 11 is 0. The van der Waals surface area contributed by atoms with Gasteiger partial charge in [-0.25, -0.2) is 8.42 Å². The highest BCUT2D eigenvalue weighted by atomic mass is 32.2. The van der Waals surface area contributed by atoms with Crippen molar-refractivity contribution in [1.29, 1.82) is 0 Å². The van der Waals surface area contributed by atoms with E-state index in [-0.39, 0.29) is 0 Å². The van der Waals surface area contributed by atoms with E-state index in [2.05, 4.69) is 9.71 Å². The van der Waals surface area contributed by atoms with Gasteiger partial charge in [-0.1, -0.05) is 12.1 Å². The van der Waals surface area contributed by atoms with Crippen molar-refractivity contribution in [2.75, 3.05) is 4.72 Å². The van der Waals surface area contributed by atoms with E-state index in [1.165, 1.54) is 0 Å². The monoisotopic (exact) mass is 250 g/mol. The standard InChI is InChI=1S/C12H14N2O2S/c1-9(2)17(15,16)14-12-5-3-4-10-6-7-13-8-11(10)12/h3-9,14H,1-2H3. The fraction of sp³-hybridized carbons (Fsp3) is 0.250. The maximum atomic E-state index is 11.8. The summed E-state index contributed by atoms with van der Waals surface area (Å²) in [6.07, 6.45) is 3.34. The van der Waals surface area contributed by atoms with E-state index in [1.807, 2.05) is 18.2 Å². The van der Waals surface area contributed by atoms with Crippen LogP contribution in [0.2, 0.25) is 0 Å². The Labute approximate surface area is 101 Å². The molecule has 4 nitrogen and oxygen atoms in total. The molecule has 1 N–H and O–H groups in total. The van der Waals surface area contributed by atoms with E-state index >= 15 is 0 Å². The number of benzene rings is 1. The van der Waals surface area contributed by atoms with Crippen molar-refractivity contribution in [3.63, 3.8) is 0 Å². The van der Waals surface area contributed by atoms with Crippen molar-refractivity contribution in [2.45, 2.75) is 19.1 Å². The van der Waals surface area contributed by atoms with Gasteiger partial charge in [-0.05, 0) is 31.4 Å². The molecule has 2 aromatic rings. The maximum absolute atomic E-state index is 11.8. The molecule has 2 rings (SSSR count). The Balaban J connectivity index is 2.50. The molecule has 1 aromatic heterocycles. The van der Waals surface area contributed by atoms with Crippen LogP contribution >= 0.6 is 0 Å². The normalized spacial score (nSPS) is 11.9. The SMILES string of the molecule is CC(C)S(=O)(=O)Nc1cccc2ccncc12. The van der Waals surface area contributed by atoms with Gasteiger partial charge in [-0.3, -0.25) is 9.71 Å². The van der Waals surface area contributed by atoms with Crippen LogP contribution in [0.3, 0.4) is 0 Å². The van der Waals surface area contributed by atoms with Crippen LogP contribution in [-0.2, 0) is 10.0 Å². The summed E-state index contributed by atoms with van der Waals surface area (Å²) in [6, 6.07) is 7.33. The average Bonchev–Trinajstić information content (AvgIpc) is 2.29. The summed E-state index contributed by atoms with van der Waals surface area (Å²) in [4.78, 5) is 4.01. The lowest BCUT2D eigenvalue weighted by molar-refractivity contribution is 0.593. The second kappa shape index (κ2) is 4.33. The third-order valence-corrected chi connectivity index (χ3v) is 4.30. The number of aromatic nitrogens is 1. The molecule has 0 unspecified atom stereocenters. The smallest absolute Gasteiger partial charge is 0.235 e. The van der Waals surface area contributed by atoms with Crippen molar-refractivity contribution in [3.8, 4) is 0 Å². The van der Waals surface area contributed by atoms with E-state index in [0.29, 0.717) is 5.69 Å². The van der Waals surface area contributed by atoms with Crippen molar-refractivity contribution >= 4 is 26.5 Å². The van der Waals surface area contributed by atoms with Gasteiger partial charge in [-0.2, -0.15) is 0 Å². The molecule has 1 aromatic carbocycles. The van der Waals surface area contributed by atoms with Gasteiger partial charge in [0.25, 0.3) is 0 Å². The van der Waals surface area contributed by atoms with Crippen molar-refractivity contribution in [2.24, 2.45) is 0 Å². The van der Waals surface area contributed by atoms with Gasteiger partial charge in [0.15, 0.2) is 0 Å². The van der Waals surface area contributed by atoms with Gasteiger partial charge >= 0.3 is 0 Å². The molecule has 0 fully saturated rings. The minimum Gasteiger partial charge on any atom is -0.283 e. The molecule has 17 heavy (non-hydrogen) atoms. The second-order valence-corrected chi connectivity index (χ2v) is 6.34. The van der Waals surface area contributed by atoms with Crippen LogP contribution in [0, 0.1) is 0 Å². The van der Waals surface area contributed by atoms with E-state index in [4.69, 9.17) is 0 Å². The van der Waals surface area contributed by atoms with Crippen LogP contribution < -0.4 is 4.72 Å². The first-order valence-electron chi connectivity index (χ1n) is 5.35. The lowest BCUT2D eigenvalue weighted by Crippen LogP contribution is -2.22. The molecule has 0 atom stereocenters. The summed E-state index contributed by atoms with van der Waals surface area (Å²) in [5.41, 5.74) is 0.573. The van der Waals surface area contributed by atoms with E-state index in [1.54, 1.807) is 32.3 Å². The third-order valence-electron chi connectivity index (χ3n) is 2.56. The number of pyridine rings is 1. The number of anilines is 1. The Morgan fingerprint density at radius 1 is 1.24 bits per heavy atom. The molecule has 1 heterocycles. The predicted octanol–water partition coefficient (Wildman–Crippen LogP) is 2.38. The minimum absolute atomic E-state index is 0.463. The fourth-order valence-corrected chi connectivity index (χ4v) is 2.19. The molecular formula is C12H14N2O2S. The molecule has 0 bridgehead atoms. The number of fused-ring (bicyclic) bond motifs is 1. The van der Waals surface area contributed by atoms with Crippen LogP contribution in [0.5, 0.6) is 0 Å². The van der Waals surface area contributed by atoms with Gasteiger partial charge in [0.05, 0.1) is 10.9 Å². The van der Waals surface area contributed by atoms with E-state index in [0.717, 1.165) is 10.8 Å². The molecule has 0 saturated heterocycles. The first-order valence-corrected chi connectivity index (χ1v) is 6.90. The molecule has 5 heteroatoms. The van der Waals surface area contributed by atoms with Gasteiger partial charge < -0.3 is 0 Å². The number of nitrogens with one attached hydrogen (secondary N) is 1. The minimum atomic E-state index is -3.32. The Morgan fingerprint density at radius 2 is 2.00 bits per heavy atom. The van der Waals surface area contributed by atoms with Crippen LogP contribution in [0.4, 0.5) is 5.69 Å². The number of hydrogen-bond acceptors (Lipinski definition) is 3. The van der Waals surface area contributed by atoms with Crippen molar-refractivity contribution < 1.29 is 8.42 Å². The molecule has 0 radical (unpaired) electrons. The van der Waals surface area contributed by atoms with Crippen LogP contribution in [0.1, 0.15) is 13.8 Å². The fourth-order valence-electron chi connectivity index (χ4n) is 1.47. The quantitative estimate of drug-likeness (QED) is 0.909. The number of nitrogens with zero attached hydrogens (tertiary/aromatic N) is 1. The predicted molar refractivity (Wildman–Crippen MR) is 69.4 cm³/mol. The molecule has 90 valence electrons. The van der Waals surface area contributed by atoms with Gasteiger partial charge in [-0.15, -0.1) is 0 Å². The molecular weight excluding hydrogens is 236 g/mol. The molecule has 0 aliphatic heterocycles. The second-order valence-electron chi connectivity index (χ2n) is 4.10. The summed E-state index contributed by atoms with van der Waals surface area (Å²) in [7, 11) is -3.32. The number of sulfonamides is 1. The Bertz CT molecular complexity index is 631. The summed E-state index contributed by atoms with van der Waals surface area (Å²) < 4.78 is 26.2. The lowest BCUT2D eigenvalue weighted by Gasteiger charge is -2.12. The summed E-state index contributed by atoms with van der Waals surface area (Å²) in [5.74, 6) is 0. The molecule has 0 spiro atoms. The Kier molecular flexibility index (Phi) is 3.02. The highest BCUT2D eigenvalue weighted by molar-refractivity contribution is 7.93. The number of hydrogen-bond donors (Lipinski definition) is 1. The molecule has 0 aliphatic rings. The molecule has 0 amide bonds. The topological polar surface area (TPSA) is 59.1 Å². The van der Waals surface area contributed by atoms with Gasteiger partial charge in [0.1, 0.15) is 0 Å². The van der Waals surface area contributed by atoms with Gasteiger partial charge in [0.2, 0.25) is 10.0 Å². The van der Waals surface area contributed by atoms with Crippen LogP contribution in [-0.4, -0.2) is 18.7 Å². The van der Waals surface area contributed by atoms with Crippen molar-refractivity contribution in [1.82, 2.24) is 4.98 Å². The molecule has 0 saturated carbocycles. The zero-order chi connectivity index (χ0) is 12.5. The highest BCUT2D eigenvalue weighted by Gasteiger charge is 2.16. The van der Waals surface area contributed by atoms with Crippen LogP contribution in [0.25, 0.3) is 10.8 Å². The maximum Gasteiger partial charge on any atom is 0.235 e. The van der Waals surface area contributed by atoms with E-state index in [9.17, 15) is 8.42 Å². The summed E-state index contributed by atoms with van der Waals surface area (Å²) in [5, 5.41) is 1.30. The van der Waals surface area contributed by atoms with Crippen LogP contribution in [0.15, 0.2) is 36.7 Å². The van der Waals surface area contributed by atoms with Crippen molar-refractivity contribution in [3.05, 3.63) is 36.7 Å². The largest absolute Gasteiger partial charge is 0.283 e. The first kappa shape index (κ1) is 11.9. The highest BCUT2D eigenvalue weighted by Crippen LogP contribution is 2.23. The molecule has 0 aliphatic carbocycles. The number of rotatable bonds is 3. The Morgan fingerprint density at radius 3 is 2.71 bits per heavy atom. The summed E-state index contributed by atoms with van der Waals surface area (Å²) in [6.45, 7) is 3.29. The Hall–Kier alpha value is -1.62. The third kappa shape index (κ3) is 2.39. The van der Waals surface area contributed by atoms with E-state index < -0.39 is 15.3 Å². The zero-order valence-corrected chi connectivity index (χ0v) is 10.5. The zero-order valence-electron chi connectivity index (χ0n) is 9.71.